The lowest BCUT2D eigenvalue weighted by molar-refractivity contribution is -0.116. The number of fused-ring (bicyclic) bond motifs is 1. The zero-order valence-electron chi connectivity index (χ0n) is 18.2. The number of ether oxygens (including phenoxy) is 1. The van der Waals surface area contributed by atoms with E-state index in [0.29, 0.717) is 27.2 Å². The van der Waals surface area contributed by atoms with Crippen LogP contribution in [0.25, 0.3) is 10.9 Å². The molecule has 0 fully saturated rings. The van der Waals surface area contributed by atoms with Gasteiger partial charge in [0, 0.05) is 22.1 Å². The zero-order chi connectivity index (χ0) is 24.3. The van der Waals surface area contributed by atoms with Gasteiger partial charge in [0.15, 0.2) is 9.84 Å². The lowest BCUT2D eigenvalue weighted by Gasteiger charge is -2.10. The summed E-state index contributed by atoms with van der Waals surface area (Å²) in [5, 5.41) is 3.69. The van der Waals surface area contributed by atoms with Crippen molar-refractivity contribution >= 4 is 49.9 Å². The summed E-state index contributed by atoms with van der Waals surface area (Å²) < 4.78 is 32.9. The number of halogens is 1. The molecule has 0 saturated heterocycles. The van der Waals surface area contributed by atoms with Gasteiger partial charge in [-0.05, 0) is 35.9 Å². The van der Waals surface area contributed by atoms with Crippen molar-refractivity contribution in [1.82, 2.24) is 4.57 Å². The van der Waals surface area contributed by atoms with E-state index in [0.717, 1.165) is 0 Å². The van der Waals surface area contributed by atoms with Crippen molar-refractivity contribution in [3.05, 3.63) is 95.1 Å². The number of nitrogens with zero attached hydrogens (tertiary/aromatic N) is 1. The molecule has 0 spiro atoms. The van der Waals surface area contributed by atoms with E-state index in [1.165, 1.54) is 13.3 Å². The molecule has 4 aromatic rings. The summed E-state index contributed by atoms with van der Waals surface area (Å²) in [6.45, 7) is -0.150. The van der Waals surface area contributed by atoms with Crippen LogP contribution >= 0.6 is 11.6 Å². The van der Waals surface area contributed by atoms with Crippen LogP contribution in [0.5, 0.6) is 0 Å². The highest BCUT2D eigenvalue weighted by molar-refractivity contribution is 7.90. The first-order valence-electron chi connectivity index (χ1n) is 10.3. The molecule has 1 N–H and O–H groups in total. The Kier molecular flexibility index (Phi) is 6.72. The number of carbonyl (C=O) groups excluding carboxylic acids is 2. The van der Waals surface area contributed by atoms with E-state index in [1.807, 2.05) is 0 Å². The maximum atomic E-state index is 13.3. The van der Waals surface area contributed by atoms with Gasteiger partial charge in [-0.2, -0.15) is 0 Å². The predicted molar refractivity (Wildman–Crippen MR) is 131 cm³/mol. The Bertz CT molecular complexity index is 1490. The lowest BCUT2D eigenvalue weighted by Crippen LogP contribution is -2.20. The van der Waals surface area contributed by atoms with Gasteiger partial charge in [0.05, 0.1) is 29.0 Å². The minimum absolute atomic E-state index is 0.130. The van der Waals surface area contributed by atoms with E-state index in [4.69, 9.17) is 16.3 Å². The van der Waals surface area contributed by atoms with Crippen LogP contribution in [-0.2, 0) is 31.7 Å². The van der Waals surface area contributed by atoms with Crippen LogP contribution in [0.2, 0.25) is 5.02 Å². The largest absolute Gasteiger partial charge is 0.465 e. The molecule has 0 aliphatic carbocycles. The molecule has 3 aromatic carbocycles. The van der Waals surface area contributed by atoms with Crippen LogP contribution < -0.4 is 5.32 Å². The Balaban J connectivity index is 1.64. The second-order valence-electron chi connectivity index (χ2n) is 7.61. The quantitative estimate of drug-likeness (QED) is 0.374. The van der Waals surface area contributed by atoms with Crippen LogP contribution in [0.4, 0.5) is 5.69 Å². The Hall–Kier alpha value is -3.62. The van der Waals surface area contributed by atoms with Gasteiger partial charge < -0.3 is 14.6 Å². The van der Waals surface area contributed by atoms with Gasteiger partial charge in [0.25, 0.3) is 0 Å². The van der Waals surface area contributed by atoms with Crippen LogP contribution in [0.3, 0.4) is 0 Å². The summed E-state index contributed by atoms with van der Waals surface area (Å²) in [5.41, 5.74) is 1.70. The number of amides is 1. The van der Waals surface area contributed by atoms with E-state index in [1.54, 1.807) is 77.4 Å². The van der Waals surface area contributed by atoms with Crippen molar-refractivity contribution < 1.29 is 22.7 Å². The van der Waals surface area contributed by atoms with Crippen molar-refractivity contribution in [3.63, 3.8) is 0 Å². The number of hydrogen-bond donors (Lipinski definition) is 1. The molecule has 0 bridgehead atoms. The SMILES string of the molecule is COC(=O)c1ccccc1NC(=O)Cn1cc(S(=O)(=O)Cc2cccc(Cl)c2)c2ccccc21. The zero-order valence-corrected chi connectivity index (χ0v) is 19.8. The first-order chi connectivity index (χ1) is 16.3. The second kappa shape index (κ2) is 9.70. The minimum Gasteiger partial charge on any atom is -0.465 e. The van der Waals surface area contributed by atoms with Gasteiger partial charge in [-0.3, -0.25) is 4.79 Å². The van der Waals surface area contributed by atoms with Crippen molar-refractivity contribution in [2.75, 3.05) is 12.4 Å². The molecule has 0 saturated carbocycles. The van der Waals surface area contributed by atoms with E-state index in [9.17, 15) is 18.0 Å². The Morgan fingerprint density at radius 1 is 1.00 bits per heavy atom. The standard InChI is InChI=1S/C25H21ClN2O5S/c1-33-25(30)19-9-2-4-11-21(19)27-24(29)15-28-14-23(20-10-3-5-12-22(20)28)34(31,32)16-17-7-6-8-18(26)13-17/h2-14H,15-16H2,1H3,(H,27,29). The molecule has 0 radical (unpaired) electrons. The fourth-order valence-corrected chi connectivity index (χ4v) is 5.52. The van der Waals surface area contributed by atoms with E-state index in [-0.39, 0.29) is 22.8 Å². The second-order valence-corrected chi connectivity index (χ2v) is 10.0. The molecule has 0 unspecified atom stereocenters. The van der Waals surface area contributed by atoms with Gasteiger partial charge in [-0.1, -0.05) is 54.1 Å². The molecule has 0 atom stereocenters. The summed E-state index contributed by atoms with van der Waals surface area (Å²) in [6.07, 6.45) is 1.47. The summed E-state index contributed by atoms with van der Waals surface area (Å²) >= 11 is 6.01. The van der Waals surface area contributed by atoms with Gasteiger partial charge in [0.1, 0.15) is 6.54 Å². The minimum atomic E-state index is -3.72. The highest BCUT2D eigenvalue weighted by Crippen LogP contribution is 2.29. The lowest BCUT2D eigenvalue weighted by atomic mass is 10.2. The normalized spacial score (nSPS) is 11.4. The first kappa shape index (κ1) is 23.5. The monoisotopic (exact) mass is 496 g/mol. The number of carbonyl (C=O) groups is 2. The molecule has 4 rings (SSSR count). The molecular weight excluding hydrogens is 476 g/mol. The van der Waals surface area contributed by atoms with Crippen LogP contribution in [-0.4, -0.2) is 32.0 Å². The average molecular weight is 497 g/mol. The van der Waals surface area contributed by atoms with Crippen molar-refractivity contribution in [2.24, 2.45) is 0 Å². The third-order valence-corrected chi connectivity index (χ3v) is 7.20. The summed E-state index contributed by atoms with van der Waals surface area (Å²) in [7, 11) is -2.46. The number of aromatic nitrogens is 1. The third-order valence-electron chi connectivity index (χ3n) is 5.25. The van der Waals surface area contributed by atoms with Gasteiger partial charge in [0.2, 0.25) is 5.91 Å². The number of anilines is 1. The number of para-hydroxylation sites is 2. The third kappa shape index (κ3) is 4.98. The predicted octanol–water partition coefficient (Wildman–Crippen LogP) is 4.69. The molecule has 9 heteroatoms. The van der Waals surface area contributed by atoms with E-state index in [2.05, 4.69) is 5.32 Å². The number of hydrogen-bond acceptors (Lipinski definition) is 5. The molecule has 0 aliphatic rings. The highest BCUT2D eigenvalue weighted by Gasteiger charge is 2.23. The van der Waals surface area contributed by atoms with Crippen molar-refractivity contribution in [3.8, 4) is 0 Å². The smallest absolute Gasteiger partial charge is 0.339 e. The number of nitrogens with one attached hydrogen (secondary N) is 1. The molecule has 0 aliphatic heterocycles. The molecule has 1 aromatic heterocycles. The molecule has 34 heavy (non-hydrogen) atoms. The van der Waals surface area contributed by atoms with Crippen LogP contribution in [0.1, 0.15) is 15.9 Å². The van der Waals surface area contributed by atoms with Gasteiger partial charge >= 0.3 is 5.97 Å². The fraction of sp³-hybridized carbons (Fsp3) is 0.120. The van der Waals surface area contributed by atoms with E-state index >= 15 is 0 Å². The summed E-state index contributed by atoms with van der Waals surface area (Å²) in [4.78, 5) is 24.9. The summed E-state index contributed by atoms with van der Waals surface area (Å²) in [6, 6.07) is 20.2. The maximum Gasteiger partial charge on any atom is 0.339 e. The number of rotatable bonds is 7. The molecular formula is C25H21ClN2O5S. The summed E-state index contributed by atoms with van der Waals surface area (Å²) in [5.74, 6) is -1.21. The first-order valence-corrected chi connectivity index (χ1v) is 12.3. The highest BCUT2D eigenvalue weighted by atomic mass is 35.5. The Morgan fingerprint density at radius 2 is 1.74 bits per heavy atom. The van der Waals surface area contributed by atoms with E-state index < -0.39 is 21.7 Å². The van der Waals surface area contributed by atoms with Crippen LogP contribution in [0, 0.1) is 0 Å². The number of methoxy groups -OCH3 is 1. The van der Waals surface area contributed by atoms with Gasteiger partial charge in [-0.25, -0.2) is 13.2 Å². The molecule has 1 amide bonds. The number of benzene rings is 3. The Morgan fingerprint density at radius 3 is 2.50 bits per heavy atom. The average Bonchev–Trinajstić information content (AvgIpc) is 3.18. The molecule has 174 valence electrons. The van der Waals surface area contributed by atoms with Crippen molar-refractivity contribution in [1.29, 1.82) is 0 Å². The molecule has 1 heterocycles. The number of esters is 1. The van der Waals surface area contributed by atoms with Crippen LogP contribution in [0.15, 0.2) is 83.9 Å². The fourth-order valence-electron chi connectivity index (χ4n) is 3.74. The molecule has 7 nitrogen and oxygen atoms in total. The van der Waals surface area contributed by atoms with Crippen molar-refractivity contribution in [2.45, 2.75) is 17.2 Å². The Labute approximate surface area is 201 Å². The maximum absolute atomic E-state index is 13.3. The topological polar surface area (TPSA) is 94.5 Å². The number of sulfone groups is 1. The van der Waals surface area contributed by atoms with Gasteiger partial charge in [-0.15, -0.1) is 0 Å².